The molecule has 1 aliphatic rings. The summed E-state index contributed by atoms with van der Waals surface area (Å²) in [5.41, 5.74) is 1.51. The molecule has 0 radical (unpaired) electrons. The highest BCUT2D eigenvalue weighted by Crippen LogP contribution is 2.31. The predicted octanol–water partition coefficient (Wildman–Crippen LogP) is 2.12. The van der Waals surface area contributed by atoms with E-state index in [1.54, 1.807) is 16.0 Å². The molecule has 1 amide bonds. The van der Waals surface area contributed by atoms with Crippen molar-refractivity contribution in [2.24, 2.45) is 0 Å². The number of hydrogen-bond acceptors (Lipinski definition) is 3. The molecule has 82 valence electrons. The summed E-state index contributed by atoms with van der Waals surface area (Å²) in [6.45, 7) is 1.40. The van der Waals surface area contributed by atoms with Gasteiger partial charge in [0.15, 0.2) is 0 Å². The molecule has 6 heteroatoms. The third-order valence-corrected chi connectivity index (χ3v) is 4.09. The van der Waals surface area contributed by atoms with E-state index in [1.165, 1.54) is 0 Å². The number of thiophene rings is 1. The van der Waals surface area contributed by atoms with Gasteiger partial charge in [0.1, 0.15) is 11.4 Å². The zero-order valence-corrected chi connectivity index (χ0v) is 10.6. The van der Waals surface area contributed by atoms with Crippen molar-refractivity contribution in [2.75, 3.05) is 6.54 Å². The van der Waals surface area contributed by atoms with Crippen molar-refractivity contribution in [1.29, 1.82) is 0 Å². The topological polar surface area (TPSA) is 46.9 Å². The second-order valence-electron chi connectivity index (χ2n) is 3.50. The number of aromatic nitrogens is 2. The SMILES string of the molecule is O=C1NCCn2nc(-c3ccc(Br)s3)cc21. The maximum Gasteiger partial charge on any atom is 0.269 e. The summed E-state index contributed by atoms with van der Waals surface area (Å²) in [6, 6.07) is 5.83. The first-order valence-electron chi connectivity index (χ1n) is 4.86. The number of halogens is 1. The van der Waals surface area contributed by atoms with Gasteiger partial charge in [0.05, 0.1) is 15.2 Å². The van der Waals surface area contributed by atoms with Gasteiger partial charge in [-0.25, -0.2) is 0 Å². The van der Waals surface area contributed by atoms with Gasteiger partial charge in [-0.3, -0.25) is 9.48 Å². The van der Waals surface area contributed by atoms with Crippen LogP contribution in [0, 0.1) is 0 Å². The van der Waals surface area contributed by atoms with E-state index in [4.69, 9.17) is 0 Å². The van der Waals surface area contributed by atoms with Crippen LogP contribution in [0.25, 0.3) is 10.6 Å². The number of carbonyl (C=O) groups is 1. The summed E-state index contributed by atoms with van der Waals surface area (Å²) in [5.74, 6) is -0.0411. The largest absolute Gasteiger partial charge is 0.349 e. The first-order valence-corrected chi connectivity index (χ1v) is 6.47. The van der Waals surface area contributed by atoms with Gasteiger partial charge >= 0.3 is 0 Å². The van der Waals surface area contributed by atoms with Gasteiger partial charge in [-0.15, -0.1) is 11.3 Å². The van der Waals surface area contributed by atoms with Crippen molar-refractivity contribution in [2.45, 2.75) is 6.54 Å². The highest BCUT2D eigenvalue weighted by Gasteiger charge is 2.20. The van der Waals surface area contributed by atoms with E-state index in [2.05, 4.69) is 26.3 Å². The van der Waals surface area contributed by atoms with E-state index in [0.29, 0.717) is 12.2 Å². The molecule has 0 fully saturated rings. The average Bonchev–Trinajstić information content (AvgIpc) is 2.84. The Kier molecular flexibility index (Phi) is 2.33. The lowest BCUT2D eigenvalue weighted by molar-refractivity contribution is 0.0924. The number of nitrogens with one attached hydrogen (secondary N) is 1. The van der Waals surface area contributed by atoms with E-state index in [-0.39, 0.29) is 5.91 Å². The maximum atomic E-state index is 11.6. The Hall–Kier alpha value is -1.14. The Morgan fingerprint density at radius 2 is 2.38 bits per heavy atom. The van der Waals surface area contributed by atoms with Gasteiger partial charge in [-0.05, 0) is 34.1 Å². The summed E-state index contributed by atoms with van der Waals surface area (Å²) in [4.78, 5) is 12.6. The summed E-state index contributed by atoms with van der Waals surface area (Å²) in [6.07, 6.45) is 0. The Balaban J connectivity index is 2.07. The molecular weight excluding hydrogens is 290 g/mol. The van der Waals surface area contributed by atoms with Crippen LogP contribution in [0.4, 0.5) is 0 Å². The van der Waals surface area contributed by atoms with Crippen LogP contribution in [0.1, 0.15) is 10.5 Å². The third-order valence-electron chi connectivity index (χ3n) is 2.45. The molecule has 3 heterocycles. The Labute approximate surface area is 104 Å². The lowest BCUT2D eigenvalue weighted by Gasteiger charge is -2.13. The summed E-state index contributed by atoms with van der Waals surface area (Å²) in [7, 11) is 0. The highest BCUT2D eigenvalue weighted by molar-refractivity contribution is 9.11. The lowest BCUT2D eigenvalue weighted by Crippen LogP contribution is -2.35. The molecule has 1 N–H and O–H groups in total. The Morgan fingerprint density at radius 3 is 3.06 bits per heavy atom. The number of amides is 1. The smallest absolute Gasteiger partial charge is 0.269 e. The van der Waals surface area contributed by atoms with Crippen LogP contribution >= 0.6 is 27.3 Å². The molecule has 4 nitrogen and oxygen atoms in total. The fourth-order valence-electron chi connectivity index (χ4n) is 1.71. The van der Waals surface area contributed by atoms with Crippen LogP contribution in [0.15, 0.2) is 22.0 Å². The van der Waals surface area contributed by atoms with Gasteiger partial charge in [0.2, 0.25) is 0 Å². The van der Waals surface area contributed by atoms with Crippen LogP contribution in [0.5, 0.6) is 0 Å². The van der Waals surface area contributed by atoms with Gasteiger partial charge in [0, 0.05) is 6.54 Å². The van der Waals surface area contributed by atoms with Crippen molar-refractivity contribution in [3.63, 3.8) is 0 Å². The molecular formula is C10H8BrN3OS. The van der Waals surface area contributed by atoms with Crippen molar-refractivity contribution in [1.82, 2.24) is 15.1 Å². The molecule has 0 saturated carbocycles. The lowest BCUT2D eigenvalue weighted by atomic mass is 10.3. The standard InChI is InChI=1S/C10H8BrN3OS/c11-9-2-1-8(16-9)6-5-7-10(15)12-3-4-14(7)13-6/h1-2,5H,3-4H2,(H,12,15). The molecule has 2 aromatic rings. The van der Waals surface area contributed by atoms with Crippen LogP contribution in [0.3, 0.4) is 0 Å². The Bertz CT molecular complexity index is 560. The van der Waals surface area contributed by atoms with Crippen LogP contribution < -0.4 is 5.32 Å². The molecule has 0 aromatic carbocycles. The van der Waals surface area contributed by atoms with E-state index in [9.17, 15) is 4.79 Å². The fourth-order valence-corrected chi connectivity index (χ4v) is 3.05. The summed E-state index contributed by atoms with van der Waals surface area (Å²) >= 11 is 5.03. The second kappa shape index (κ2) is 3.71. The molecule has 0 saturated heterocycles. The quantitative estimate of drug-likeness (QED) is 0.876. The van der Waals surface area contributed by atoms with E-state index >= 15 is 0 Å². The summed E-state index contributed by atoms with van der Waals surface area (Å²) < 4.78 is 2.83. The van der Waals surface area contributed by atoms with E-state index in [1.807, 2.05) is 18.2 Å². The van der Waals surface area contributed by atoms with Gasteiger partial charge < -0.3 is 5.32 Å². The maximum absolute atomic E-state index is 11.6. The second-order valence-corrected chi connectivity index (χ2v) is 5.96. The van der Waals surface area contributed by atoms with Gasteiger partial charge in [-0.1, -0.05) is 0 Å². The number of rotatable bonds is 1. The first-order chi connectivity index (χ1) is 7.74. The number of hydrogen-bond donors (Lipinski definition) is 1. The minimum absolute atomic E-state index is 0.0411. The fraction of sp³-hybridized carbons (Fsp3) is 0.200. The number of carbonyl (C=O) groups excluding carboxylic acids is 1. The van der Waals surface area contributed by atoms with Gasteiger partial charge in [0.25, 0.3) is 5.91 Å². The molecule has 1 aliphatic heterocycles. The minimum Gasteiger partial charge on any atom is -0.349 e. The van der Waals surface area contributed by atoms with Crippen molar-refractivity contribution in [3.05, 3.63) is 27.7 Å². The zero-order chi connectivity index (χ0) is 11.1. The average molecular weight is 298 g/mol. The number of nitrogens with zero attached hydrogens (tertiary/aromatic N) is 2. The van der Waals surface area contributed by atoms with E-state index < -0.39 is 0 Å². The molecule has 0 atom stereocenters. The van der Waals surface area contributed by atoms with Crippen molar-refractivity contribution in [3.8, 4) is 10.6 Å². The molecule has 16 heavy (non-hydrogen) atoms. The van der Waals surface area contributed by atoms with Crippen LogP contribution in [-0.4, -0.2) is 22.2 Å². The van der Waals surface area contributed by atoms with Crippen LogP contribution in [-0.2, 0) is 6.54 Å². The first kappa shape index (κ1) is 10.0. The monoisotopic (exact) mass is 297 g/mol. The third kappa shape index (κ3) is 1.58. The van der Waals surface area contributed by atoms with Crippen LogP contribution in [0.2, 0.25) is 0 Å². The summed E-state index contributed by atoms with van der Waals surface area (Å²) in [5, 5.41) is 7.23. The van der Waals surface area contributed by atoms with Crippen molar-refractivity contribution >= 4 is 33.2 Å². The predicted molar refractivity (Wildman–Crippen MR) is 65.6 cm³/mol. The molecule has 0 aliphatic carbocycles. The van der Waals surface area contributed by atoms with Crippen molar-refractivity contribution < 1.29 is 4.79 Å². The molecule has 0 unspecified atom stereocenters. The minimum atomic E-state index is -0.0411. The zero-order valence-electron chi connectivity index (χ0n) is 8.24. The van der Waals surface area contributed by atoms with E-state index in [0.717, 1.165) is 20.9 Å². The molecule has 2 aromatic heterocycles. The highest BCUT2D eigenvalue weighted by atomic mass is 79.9. The van der Waals surface area contributed by atoms with Gasteiger partial charge in [-0.2, -0.15) is 5.10 Å². The molecule has 3 rings (SSSR count). The molecule has 0 bridgehead atoms. The normalized spacial score (nSPS) is 14.7. The number of fused-ring (bicyclic) bond motifs is 1. The molecule has 0 spiro atoms. The Morgan fingerprint density at radius 1 is 1.50 bits per heavy atom.